The van der Waals surface area contributed by atoms with Gasteiger partial charge in [0, 0.05) is 53.6 Å². The van der Waals surface area contributed by atoms with Gasteiger partial charge in [-0.15, -0.1) is 11.3 Å². The zero-order valence-corrected chi connectivity index (χ0v) is 24.0. The smallest absolute Gasteiger partial charge is 0.143 e. The number of nitrogens with zero attached hydrogens (tertiary/aromatic N) is 1. The second-order valence-electron chi connectivity index (χ2n) is 10.9. The van der Waals surface area contributed by atoms with Crippen LogP contribution in [0.2, 0.25) is 0 Å². The minimum absolute atomic E-state index is 0.921. The molecule has 0 bridgehead atoms. The lowest BCUT2D eigenvalue weighted by atomic mass is 9.99. The third-order valence-corrected chi connectivity index (χ3v) is 9.59. The number of furan rings is 1. The van der Waals surface area contributed by atoms with Crippen LogP contribution >= 0.6 is 11.3 Å². The number of hydrogen-bond donors (Lipinski definition) is 0. The van der Waals surface area contributed by atoms with Gasteiger partial charge in [0.15, 0.2) is 0 Å². The van der Waals surface area contributed by atoms with E-state index in [2.05, 4.69) is 157 Å². The van der Waals surface area contributed by atoms with Crippen LogP contribution in [0, 0.1) is 0 Å². The van der Waals surface area contributed by atoms with Crippen molar-refractivity contribution in [3.05, 3.63) is 152 Å². The van der Waals surface area contributed by atoms with Crippen molar-refractivity contribution in [2.75, 3.05) is 4.90 Å². The molecule has 0 aliphatic rings. The minimum Gasteiger partial charge on any atom is -0.455 e. The zero-order chi connectivity index (χ0) is 28.3. The lowest BCUT2D eigenvalue weighted by Crippen LogP contribution is -2.09. The molecule has 0 aliphatic heterocycles. The summed E-state index contributed by atoms with van der Waals surface area (Å²) in [6.07, 6.45) is 0. The SMILES string of the molecule is c1ccc(N(c2ccc(-c3cccc4c3oc3ccc5ccccc5c34)cc2)c2ccc3c(c2)sc2ccccc23)cc1. The lowest BCUT2D eigenvalue weighted by molar-refractivity contribution is 0.670. The molecule has 0 unspecified atom stereocenters. The van der Waals surface area contributed by atoms with Crippen molar-refractivity contribution in [2.45, 2.75) is 0 Å². The van der Waals surface area contributed by atoms with Crippen LogP contribution in [0.1, 0.15) is 0 Å². The van der Waals surface area contributed by atoms with Gasteiger partial charge in [-0.25, -0.2) is 0 Å². The second-order valence-corrected chi connectivity index (χ2v) is 12.0. The third kappa shape index (κ3) is 3.86. The molecule has 3 heteroatoms. The van der Waals surface area contributed by atoms with Crippen LogP contribution in [-0.4, -0.2) is 0 Å². The van der Waals surface area contributed by atoms with Gasteiger partial charge in [0.1, 0.15) is 11.2 Å². The number of anilines is 3. The van der Waals surface area contributed by atoms with E-state index in [4.69, 9.17) is 4.42 Å². The molecule has 0 radical (unpaired) electrons. The first-order chi connectivity index (χ1) is 21.3. The van der Waals surface area contributed by atoms with Crippen molar-refractivity contribution >= 4 is 81.3 Å². The lowest BCUT2D eigenvalue weighted by Gasteiger charge is -2.25. The van der Waals surface area contributed by atoms with Crippen LogP contribution in [0.15, 0.2) is 156 Å². The predicted octanol–water partition coefficient (Wildman–Crippen LogP) is 12.2. The normalized spacial score (nSPS) is 11.7. The van der Waals surface area contributed by atoms with E-state index in [0.29, 0.717) is 0 Å². The molecular formula is C40H25NOS. The number of benzene rings is 7. The zero-order valence-electron chi connectivity index (χ0n) is 23.2. The highest BCUT2D eigenvalue weighted by atomic mass is 32.1. The summed E-state index contributed by atoms with van der Waals surface area (Å²) in [5.74, 6) is 0. The molecule has 0 spiro atoms. The second kappa shape index (κ2) is 9.59. The van der Waals surface area contributed by atoms with Gasteiger partial charge in [-0.05, 0) is 64.9 Å². The number of thiophene rings is 1. The van der Waals surface area contributed by atoms with Crippen molar-refractivity contribution in [2.24, 2.45) is 0 Å². The Morgan fingerprint density at radius 2 is 1.16 bits per heavy atom. The molecule has 2 nitrogen and oxygen atoms in total. The Balaban J connectivity index is 1.17. The number of hydrogen-bond acceptors (Lipinski definition) is 3. The molecule has 43 heavy (non-hydrogen) atoms. The average Bonchev–Trinajstić information content (AvgIpc) is 3.64. The molecule has 0 amide bonds. The summed E-state index contributed by atoms with van der Waals surface area (Å²) in [7, 11) is 0. The Morgan fingerprint density at radius 3 is 2.05 bits per heavy atom. The van der Waals surface area contributed by atoms with Gasteiger partial charge >= 0.3 is 0 Å². The Morgan fingerprint density at radius 1 is 0.465 bits per heavy atom. The summed E-state index contributed by atoms with van der Waals surface area (Å²) >= 11 is 1.85. The average molecular weight is 568 g/mol. The molecule has 7 aromatic carbocycles. The Labute approximate surface area is 252 Å². The fourth-order valence-corrected chi connectivity index (χ4v) is 7.60. The van der Waals surface area contributed by atoms with E-state index in [1.54, 1.807) is 0 Å². The van der Waals surface area contributed by atoms with E-state index in [-0.39, 0.29) is 0 Å². The van der Waals surface area contributed by atoms with Gasteiger partial charge in [-0.1, -0.05) is 103 Å². The molecule has 0 atom stereocenters. The molecule has 0 saturated heterocycles. The molecule has 2 aromatic heterocycles. The largest absolute Gasteiger partial charge is 0.455 e. The summed E-state index contributed by atoms with van der Waals surface area (Å²) in [4.78, 5) is 2.33. The number of fused-ring (bicyclic) bond motifs is 8. The van der Waals surface area contributed by atoms with Crippen LogP contribution in [-0.2, 0) is 0 Å². The van der Waals surface area contributed by atoms with E-state index in [1.807, 2.05) is 11.3 Å². The minimum atomic E-state index is 0.921. The van der Waals surface area contributed by atoms with E-state index in [0.717, 1.165) is 44.7 Å². The summed E-state index contributed by atoms with van der Waals surface area (Å²) < 4.78 is 9.13. The fraction of sp³-hybridized carbons (Fsp3) is 0. The van der Waals surface area contributed by atoms with Gasteiger partial charge in [0.25, 0.3) is 0 Å². The highest BCUT2D eigenvalue weighted by Crippen LogP contribution is 2.42. The van der Waals surface area contributed by atoms with Crippen LogP contribution in [0.3, 0.4) is 0 Å². The molecule has 0 saturated carbocycles. The molecule has 2 heterocycles. The first-order valence-electron chi connectivity index (χ1n) is 14.5. The fourth-order valence-electron chi connectivity index (χ4n) is 6.46. The monoisotopic (exact) mass is 567 g/mol. The van der Waals surface area contributed by atoms with Crippen LogP contribution in [0.25, 0.3) is 64.0 Å². The van der Waals surface area contributed by atoms with Crippen molar-refractivity contribution in [3.63, 3.8) is 0 Å². The molecular weight excluding hydrogens is 543 g/mol. The van der Waals surface area contributed by atoms with Crippen LogP contribution in [0.4, 0.5) is 17.1 Å². The summed E-state index contributed by atoms with van der Waals surface area (Å²) in [5, 5.41) is 7.40. The van der Waals surface area contributed by atoms with Crippen molar-refractivity contribution in [3.8, 4) is 11.1 Å². The third-order valence-electron chi connectivity index (χ3n) is 8.46. The Bertz CT molecular complexity index is 2450. The first-order valence-corrected chi connectivity index (χ1v) is 15.3. The van der Waals surface area contributed by atoms with Crippen LogP contribution < -0.4 is 4.90 Å². The maximum absolute atomic E-state index is 6.52. The Kier molecular flexibility index (Phi) is 5.40. The molecule has 9 rings (SSSR count). The quantitative estimate of drug-likeness (QED) is 0.210. The topological polar surface area (TPSA) is 16.4 Å². The van der Waals surface area contributed by atoms with Gasteiger partial charge in [-0.2, -0.15) is 0 Å². The molecule has 9 aromatic rings. The maximum atomic E-state index is 6.52. The number of rotatable bonds is 4. The predicted molar refractivity (Wildman–Crippen MR) is 184 cm³/mol. The summed E-state index contributed by atoms with van der Waals surface area (Å²) in [5.41, 5.74) is 7.46. The van der Waals surface area contributed by atoms with Gasteiger partial charge in [0.05, 0.1) is 0 Å². The Hall–Kier alpha value is -5.38. The van der Waals surface area contributed by atoms with Gasteiger partial charge in [0.2, 0.25) is 0 Å². The molecule has 0 aliphatic carbocycles. The molecule has 202 valence electrons. The van der Waals surface area contributed by atoms with Crippen molar-refractivity contribution in [1.82, 2.24) is 0 Å². The van der Waals surface area contributed by atoms with E-state index in [9.17, 15) is 0 Å². The number of para-hydroxylation sites is 2. The highest BCUT2D eigenvalue weighted by molar-refractivity contribution is 7.25. The van der Waals surface area contributed by atoms with Crippen molar-refractivity contribution < 1.29 is 4.42 Å². The van der Waals surface area contributed by atoms with Crippen molar-refractivity contribution in [1.29, 1.82) is 0 Å². The van der Waals surface area contributed by atoms with E-state index in [1.165, 1.54) is 36.3 Å². The first kappa shape index (κ1) is 24.2. The highest BCUT2D eigenvalue weighted by Gasteiger charge is 2.17. The van der Waals surface area contributed by atoms with Gasteiger partial charge < -0.3 is 9.32 Å². The van der Waals surface area contributed by atoms with Gasteiger partial charge in [-0.3, -0.25) is 0 Å². The maximum Gasteiger partial charge on any atom is 0.143 e. The molecule has 0 N–H and O–H groups in total. The van der Waals surface area contributed by atoms with Crippen LogP contribution in [0.5, 0.6) is 0 Å². The summed E-state index contributed by atoms with van der Waals surface area (Å²) in [6, 6.07) is 54.2. The molecule has 0 fully saturated rings. The standard InChI is InChI=1S/C40H25NOS/c1-2-10-28(11-3-1)41(30-22-23-34-33-13-6-7-16-37(33)43-38(34)25-30)29-20-17-27(18-21-29)32-14-8-15-35-39-31-12-5-4-9-26(31)19-24-36(39)42-40(32)35/h1-25H. The van der Waals surface area contributed by atoms with E-state index >= 15 is 0 Å². The van der Waals surface area contributed by atoms with E-state index < -0.39 is 0 Å². The summed E-state index contributed by atoms with van der Waals surface area (Å²) in [6.45, 7) is 0.